The van der Waals surface area contributed by atoms with Crippen molar-refractivity contribution in [3.8, 4) is 0 Å². The summed E-state index contributed by atoms with van der Waals surface area (Å²) >= 11 is 12.0. The lowest BCUT2D eigenvalue weighted by Crippen LogP contribution is -2.48. The Morgan fingerprint density at radius 1 is 1.25 bits per heavy atom. The molecule has 3 nitrogen and oxygen atoms in total. The summed E-state index contributed by atoms with van der Waals surface area (Å²) in [7, 11) is 1.76. The van der Waals surface area contributed by atoms with Gasteiger partial charge in [0.15, 0.2) is 5.96 Å². The third kappa shape index (κ3) is 7.55. The third-order valence-corrected chi connectivity index (χ3v) is 3.01. The van der Waals surface area contributed by atoms with Crippen LogP contribution in [0.5, 0.6) is 0 Å². The van der Waals surface area contributed by atoms with E-state index in [0.29, 0.717) is 10.0 Å². The zero-order chi connectivity index (χ0) is 14.5. The fraction of sp³-hybridized carbons (Fsp3) is 0.500. The highest BCUT2D eigenvalue weighted by atomic mass is 127. The maximum Gasteiger partial charge on any atom is 0.191 e. The fourth-order valence-corrected chi connectivity index (χ4v) is 2.08. The number of nitrogens with one attached hydrogen (secondary N) is 2. The first-order chi connectivity index (χ1) is 8.81. The number of aliphatic imine (C=N–C) groups is 1. The molecule has 1 aromatic rings. The van der Waals surface area contributed by atoms with E-state index in [1.807, 2.05) is 12.1 Å². The molecule has 0 saturated heterocycles. The fourth-order valence-electron chi connectivity index (χ4n) is 1.57. The van der Waals surface area contributed by atoms with Crippen LogP contribution in [0.25, 0.3) is 0 Å². The average Bonchev–Trinajstić information content (AvgIpc) is 2.29. The molecular formula is C14H22Cl2IN3. The Labute approximate surface area is 148 Å². The second-order valence-electron chi connectivity index (χ2n) is 5.36. The van der Waals surface area contributed by atoms with Crippen LogP contribution in [0.3, 0.4) is 0 Å². The summed E-state index contributed by atoms with van der Waals surface area (Å²) in [5, 5.41) is 7.93. The molecule has 114 valence electrons. The smallest absolute Gasteiger partial charge is 0.191 e. The van der Waals surface area contributed by atoms with Crippen LogP contribution in [0.2, 0.25) is 10.0 Å². The SMILES string of the molecule is CN=C(NCCc1ccc(Cl)cc1Cl)NC(C)(C)C.I. The van der Waals surface area contributed by atoms with E-state index in [1.54, 1.807) is 13.1 Å². The molecule has 20 heavy (non-hydrogen) atoms. The van der Waals surface area contributed by atoms with Crippen molar-refractivity contribution in [1.82, 2.24) is 10.6 Å². The summed E-state index contributed by atoms with van der Waals surface area (Å²) in [6.45, 7) is 7.04. The number of hydrogen-bond donors (Lipinski definition) is 2. The van der Waals surface area contributed by atoms with Crippen molar-refractivity contribution in [1.29, 1.82) is 0 Å². The average molecular weight is 430 g/mol. The van der Waals surface area contributed by atoms with E-state index in [-0.39, 0.29) is 29.5 Å². The highest BCUT2D eigenvalue weighted by molar-refractivity contribution is 14.0. The molecule has 0 spiro atoms. The monoisotopic (exact) mass is 429 g/mol. The van der Waals surface area contributed by atoms with Gasteiger partial charge in [0.2, 0.25) is 0 Å². The van der Waals surface area contributed by atoms with Gasteiger partial charge in [-0.25, -0.2) is 0 Å². The first kappa shape index (κ1) is 19.8. The number of benzene rings is 1. The van der Waals surface area contributed by atoms with E-state index in [0.717, 1.165) is 24.5 Å². The summed E-state index contributed by atoms with van der Waals surface area (Å²) in [5.41, 5.74) is 1.06. The molecule has 0 aliphatic carbocycles. The van der Waals surface area contributed by atoms with Gasteiger partial charge in [0.25, 0.3) is 0 Å². The predicted octanol–water partition coefficient (Wildman–Crippen LogP) is 4.12. The summed E-state index contributed by atoms with van der Waals surface area (Å²) in [6.07, 6.45) is 0.820. The van der Waals surface area contributed by atoms with Crippen LogP contribution in [0.15, 0.2) is 23.2 Å². The molecule has 0 heterocycles. The minimum Gasteiger partial charge on any atom is -0.356 e. The van der Waals surface area contributed by atoms with Gasteiger partial charge in [-0.3, -0.25) is 4.99 Å². The molecule has 0 amide bonds. The molecule has 0 fully saturated rings. The van der Waals surface area contributed by atoms with Crippen molar-refractivity contribution in [3.63, 3.8) is 0 Å². The second-order valence-corrected chi connectivity index (χ2v) is 6.20. The first-order valence-corrected chi connectivity index (χ1v) is 7.00. The standard InChI is InChI=1S/C14H21Cl2N3.HI/c1-14(2,3)19-13(17-4)18-8-7-10-5-6-11(15)9-12(10)16;/h5-6,9H,7-8H2,1-4H3,(H2,17,18,19);1H. The van der Waals surface area contributed by atoms with Crippen LogP contribution >= 0.6 is 47.2 Å². The molecule has 0 unspecified atom stereocenters. The summed E-state index contributed by atoms with van der Waals surface area (Å²) in [4.78, 5) is 4.18. The largest absolute Gasteiger partial charge is 0.356 e. The Hall–Kier alpha value is -0.200. The van der Waals surface area contributed by atoms with Gasteiger partial charge < -0.3 is 10.6 Å². The van der Waals surface area contributed by atoms with Crippen LogP contribution in [-0.2, 0) is 6.42 Å². The van der Waals surface area contributed by atoms with Crippen molar-refractivity contribution < 1.29 is 0 Å². The van der Waals surface area contributed by atoms with Crippen LogP contribution in [0.1, 0.15) is 26.3 Å². The molecule has 0 aliphatic rings. The molecule has 0 aliphatic heterocycles. The molecule has 6 heteroatoms. The summed E-state index contributed by atoms with van der Waals surface area (Å²) in [5.74, 6) is 0.789. The Kier molecular flexibility index (Phi) is 8.86. The molecule has 1 aromatic carbocycles. The van der Waals surface area contributed by atoms with Gasteiger partial charge in [0.05, 0.1) is 0 Å². The number of guanidine groups is 1. The van der Waals surface area contributed by atoms with Crippen LogP contribution in [-0.4, -0.2) is 25.1 Å². The van der Waals surface area contributed by atoms with Gasteiger partial charge >= 0.3 is 0 Å². The number of hydrogen-bond acceptors (Lipinski definition) is 1. The lowest BCUT2D eigenvalue weighted by atomic mass is 10.1. The van der Waals surface area contributed by atoms with Crippen molar-refractivity contribution in [2.75, 3.05) is 13.6 Å². The Morgan fingerprint density at radius 3 is 2.40 bits per heavy atom. The van der Waals surface area contributed by atoms with E-state index in [2.05, 4.69) is 36.4 Å². The van der Waals surface area contributed by atoms with Gasteiger partial charge in [-0.15, -0.1) is 24.0 Å². The minimum atomic E-state index is -0.0141. The van der Waals surface area contributed by atoms with Gasteiger partial charge in [-0.05, 0) is 44.9 Å². The highest BCUT2D eigenvalue weighted by Crippen LogP contribution is 2.20. The van der Waals surface area contributed by atoms with Crippen molar-refractivity contribution in [3.05, 3.63) is 33.8 Å². The molecule has 0 atom stereocenters. The number of rotatable bonds is 3. The molecular weight excluding hydrogens is 408 g/mol. The van der Waals surface area contributed by atoms with Gasteiger partial charge in [-0.2, -0.15) is 0 Å². The molecule has 1 rings (SSSR count). The van der Waals surface area contributed by atoms with E-state index in [1.165, 1.54) is 0 Å². The zero-order valence-corrected chi connectivity index (χ0v) is 16.1. The molecule has 0 radical (unpaired) electrons. The summed E-state index contributed by atoms with van der Waals surface area (Å²) in [6, 6.07) is 5.57. The third-order valence-electron chi connectivity index (χ3n) is 2.42. The van der Waals surface area contributed by atoms with Crippen LogP contribution in [0, 0.1) is 0 Å². The van der Waals surface area contributed by atoms with E-state index < -0.39 is 0 Å². The topological polar surface area (TPSA) is 36.4 Å². The Balaban J connectivity index is 0.00000361. The first-order valence-electron chi connectivity index (χ1n) is 6.24. The predicted molar refractivity (Wildman–Crippen MR) is 99.8 cm³/mol. The molecule has 0 aromatic heterocycles. The molecule has 0 bridgehead atoms. The van der Waals surface area contributed by atoms with Crippen molar-refractivity contribution in [2.45, 2.75) is 32.7 Å². The second kappa shape index (κ2) is 8.95. The van der Waals surface area contributed by atoms with Crippen LogP contribution < -0.4 is 10.6 Å². The number of halogens is 3. The maximum atomic E-state index is 6.13. The van der Waals surface area contributed by atoms with Gasteiger partial charge in [-0.1, -0.05) is 29.3 Å². The van der Waals surface area contributed by atoms with Gasteiger partial charge in [0.1, 0.15) is 0 Å². The van der Waals surface area contributed by atoms with E-state index in [9.17, 15) is 0 Å². The Morgan fingerprint density at radius 2 is 1.90 bits per heavy atom. The highest BCUT2D eigenvalue weighted by Gasteiger charge is 2.11. The summed E-state index contributed by atoms with van der Waals surface area (Å²) < 4.78 is 0. The molecule has 2 N–H and O–H groups in total. The van der Waals surface area contributed by atoms with E-state index >= 15 is 0 Å². The lowest BCUT2D eigenvalue weighted by molar-refractivity contribution is 0.501. The van der Waals surface area contributed by atoms with Crippen molar-refractivity contribution >= 4 is 53.1 Å². The Bertz CT molecular complexity index is 456. The lowest BCUT2D eigenvalue weighted by Gasteiger charge is -2.23. The normalized spacial score (nSPS) is 11.8. The van der Waals surface area contributed by atoms with Crippen molar-refractivity contribution in [2.24, 2.45) is 4.99 Å². The van der Waals surface area contributed by atoms with E-state index in [4.69, 9.17) is 23.2 Å². The van der Waals surface area contributed by atoms with Gasteiger partial charge in [0, 0.05) is 29.2 Å². The number of nitrogens with zero attached hydrogens (tertiary/aromatic N) is 1. The zero-order valence-electron chi connectivity index (χ0n) is 12.3. The van der Waals surface area contributed by atoms with Crippen LogP contribution in [0.4, 0.5) is 0 Å². The maximum absolute atomic E-state index is 6.13. The minimum absolute atomic E-state index is 0. The quantitative estimate of drug-likeness (QED) is 0.430. The molecule has 0 saturated carbocycles.